The standard InChI is InChI=1S/C15H26N2O7/c1-8(19)16-10-6-17(14(22)24-15(3,4)5)11(7-18)12(21)13(10)23-9(2)20/h10-13,18,21H,6-7H2,1-5H3,(H,16,19)/t10-,11+,12+,13+/m0/s1. The molecule has 0 spiro atoms. The number of aliphatic hydroxyl groups is 2. The predicted octanol–water partition coefficient (Wildman–Crippen LogP) is -0.605. The van der Waals surface area contributed by atoms with E-state index in [1.807, 2.05) is 0 Å². The molecule has 0 aromatic carbocycles. The van der Waals surface area contributed by atoms with Crippen LogP contribution in [0, 0.1) is 0 Å². The molecule has 2 amide bonds. The van der Waals surface area contributed by atoms with Crippen molar-refractivity contribution < 1.29 is 34.1 Å². The lowest BCUT2D eigenvalue weighted by atomic mass is 9.92. The third kappa shape index (κ3) is 5.34. The van der Waals surface area contributed by atoms with Gasteiger partial charge in [-0.25, -0.2) is 4.79 Å². The van der Waals surface area contributed by atoms with Gasteiger partial charge < -0.3 is 25.0 Å². The zero-order chi connectivity index (χ0) is 18.7. The summed E-state index contributed by atoms with van der Waals surface area (Å²) < 4.78 is 10.4. The van der Waals surface area contributed by atoms with Gasteiger partial charge in [0.2, 0.25) is 5.91 Å². The van der Waals surface area contributed by atoms with Crippen LogP contribution in [0.15, 0.2) is 0 Å². The van der Waals surface area contributed by atoms with Gasteiger partial charge in [0.15, 0.2) is 6.10 Å². The molecule has 0 unspecified atom stereocenters. The molecule has 1 saturated heterocycles. The van der Waals surface area contributed by atoms with Gasteiger partial charge >= 0.3 is 12.1 Å². The number of carbonyl (C=O) groups is 3. The van der Waals surface area contributed by atoms with Crippen molar-refractivity contribution in [2.24, 2.45) is 0 Å². The Kier molecular flexibility index (Phi) is 6.56. The smallest absolute Gasteiger partial charge is 0.410 e. The van der Waals surface area contributed by atoms with Gasteiger partial charge in [0.1, 0.15) is 11.7 Å². The van der Waals surface area contributed by atoms with Crippen molar-refractivity contribution in [2.45, 2.75) is 64.5 Å². The first-order valence-corrected chi connectivity index (χ1v) is 7.69. The zero-order valence-electron chi connectivity index (χ0n) is 14.6. The molecule has 138 valence electrons. The second kappa shape index (κ2) is 7.80. The molecule has 1 heterocycles. The predicted molar refractivity (Wildman–Crippen MR) is 83.0 cm³/mol. The number of aliphatic hydroxyl groups excluding tert-OH is 2. The average Bonchev–Trinajstić information content (AvgIpc) is 2.39. The minimum atomic E-state index is -1.38. The first-order valence-electron chi connectivity index (χ1n) is 7.69. The van der Waals surface area contributed by atoms with E-state index in [1.54, 1.807) is 20.8 Å². The maximum Gasteiger partial charge on any atom is 0.410 e. The molecular weight excluding hydrogens is 320 g/mol. The minimum Gasteiger partial charge on any atom is -0.457 e. The topological polar surface area (TPSA) is 125 Å². The zero-order valence-corrected chi connectivity index (χ0v) is 14.6. The molecule has 4 atom stereocenters. The number of esters is 1. The van der Waals surface area contributed by atoms with Gasteiger partial charge in [-0.3, -0.25) is 14.5 Å². The maximum atomic E-state index is 12.3. The molecule has 1 rings (SSSR count). The van der Waals surface area contributed by atoms with E-state index in [2.05, 4.69) is 5.32 Å². The summed E-state index contributed by atoms with van der Waals surface area (Å²) in [5.41, 5.74) is -0.766. The monoisotopic (exact) mass is 346 g/mol. The fourth-order valence-electron chi connectivity index (χ4n) is 2.56. The summed E-state index contributed by atoms with van der Waals surface area (Å²) >= 11 is 0. The second-order valence-electron chi connectivity index (χ2n) is 6.75. The Bertz CT molecular complexity index is 489. The van der Waals surface area contributed by atoms with E-state index < -0.39 is 54.5 Å². The van der Waals surface area contributed by atoms with E-state index in [9.17, 15) is 24.6 Å². The summed E-state index contributed by atoms with van der Waals surface area (Å²) in [4.78, 5) is 36.1. The van der Waals surface area contributed by atoms with Gasteiger partial charge in [-0.05, 0) is 20.8 Å². The molecular formula is C15H26N2O7. The van der Waals surface area contributed by atoms with Crippen LogP contribution in [0.25, 0.3) is 0 Å². The molecule has 0 saturated carbocycles. The van der Waals surface area contributed by atoms with Crippen molar-refractivity contribution in [1.29, 1.82) is 0 Å². The molecule has 0 aromatic rings. The summed E-state index contributed by atoms with van der Waals surface area (Å²) in [5, 5.41) is 22.6. The fourth-order valence-corrected chi connectivity index (χ4v) is 2.56. The molecule has 0 bridgehead atoms. The van der Waals surface area contributed by atoms with Crippen LogP contribution in [-0.2, 0) is 19.1 Å². The quantitative estimate of drug-likeness (QED) is 0.582. The van der Waals surface area contributed by atoms with Crippen LogP contribution < -0.4 is 5.32 Å². The first-order chi connectivity index (χ1) is 11.0. The Labute approximate surface area is 140 Å². The summed E-state index contributed by atoms with van der Waals surface area (Å²) in [5.74, 6) is -1.05. The van der Waals surface area contributed by atoms with Crippen LogP contribution in [-0.4, -0.2) is 76.1 Å². The average molecular weight is 346 g/mol. The van der Waals surface area contributed by atoms with Crippen molar-refractivity contribution in [3.05, 3.63) is 0 Å². The summed E-state index contributed by atoms with van der Waals surface area (Å²) in [6, 6.07) is -1.84. The third-order valence-corrected chi connectivity index (χ3v) is 3.43. The van der Waals surface area contributed by atoms with E-state index in [1.165, 1.54) is 13.8 Å². The first kappa shape index (κ1) is 20.2. The van der Waals surface area contributed by atoms with Gasteiger partial charge in [-0.15, -0.1) is 0 Å². The van der Waals surface area contributed by atoms with Crippen LogP contribution in [0.1, 0.15) is 34.6 Å². The molecule has 0 radical (unpaired) electrons. The lowest BCUT2D eigenvalue weighted by Gasteiger charge is -2.45. The van der Waals surface area contributed by atoms with Crippen molar-refractivity contribution in [3.8, 4) is 0 Å². The lowest BCUT2D eigenvalue weighted by Crippen LogP contribution is -2.68. The van der Waals surface area contributed by atoms with E-state index in [4.69, 9.17) is 9.47 Å². The van der Waals surface area contributed by atoms with E-state index >= 15 is 0 Å². The Hall–Kier alpha value is -1.87. The third-order valence-electron chi connectivity index (χ3n) is 3.43. The van der Waals surface area contributed by atoms with Crippen molar-refractivity contribution in [2.75, 3.05) is 13.2 Å². The number of nitrogens with one attached hydrogen (secondary N) is 1. The summed E-state index contributed by atoms with van der Waals surface area (Å²) in [6.45, 7) is 6.88. The summed E-state index contributed by atoms with van der Waals surface area (Å²) in [6.07, 6.45) is -3.20. The maximum absolute atomic E-state index is 12.3. The van der Waals surface area contributed by atoms with Crippen molar-refractivity contribution >= 4 is 18.0 Å². The molecule has 24 heavy (non-hydrogen) atoms. The Morgan fingerprint density at radius 1 is 1.25 bits per heavy atom. The molecule has 3 N–H and O–H groups in total. The van der Waals surface area contributed by atoms with Crippen LogP contribution >= 0.6 is 0 Å². The number of ether oxygens (including phenoxy) is 2. The molecule has 9 heteroatoms. The number of likely N-dealkylation sites (tertiary alicyclic amines) is 1. The highest BCUT2D eigenvalue weighted by Crippen LogP contribution is 2.24. The van der Waals surface area contributed by atoms with Gasteiger partial charge in [-0.1, -0.05) is 0 Å². The second-order valence-corrected chi connectivity index (χ2v) is 6.75. The highest BCUT2D eigenvalue weighted by molar-refractivity contribution is 5.74. The van der Waals surface area contributed by atoms with E-state index in [0.29, 0.717) is 0 Å². The van der Waals surface area contributed by atoms with Crippen LogP contribution in [0.5, 0.6) is 0 Å². The number of carbonyl (C=O) groups excluding carboxylic acids is 3. The number of rotatable bonds is 3. The minimum absolute atomic E-state index is 0.0747. The highest BCUT2D eigenvalue weighted by Gasteiger charge is 2.47. The van der Waals surface area contributed by atoms with E-state index in [-0.39, 0.29) is 6.54 Å². The SMILES string of the molecule is CC(=O)N[C@H]1CN(C(=O)OC(C)(C)C)[C@H](CO)[C@@H](O)[C@@H]1OC(C)=O. The summed E-state index contributed by atoms with van der Waals surface area (Å²) in [7, 11) is 0. The fraction of sp³-hybridized carbons (Fsp3) is 0.800. The normalized spacial score (nSPS) is 27.4. The number of hydrogen-bond acceptors (Lipinski definition) is 7. The van der Waals surface area contributed by atoms with Gasteiger partial charge in [0.05, 0.1) is 18.7 Å². The van der Waals surface area contributed by atoms with E-state index in [0.717, 1.165) is 4.90 Å². The lowest BCUT2D eigenvalue weighted by molar-refractivity contribution is -0.167. The van der Waals surface area contributed by atoms with Crippen molar-refractivity contribution in [3.63, 3.8) is 0 Å². The molecule has 0 aromatic heterocycles. The van der Waals surface area contributed by atoms with Crippen LogP contribution in [0.2, 0.25) is 0 Å². The largest absolute Gasteiger partial charge is 0.457 e. The number of hydrogen-bond donors (Lipinski definition) is 3. The van der Waals surface area contributed by atoms with Crippen LogP contribution in [0.4, 0.5) is 4.79 Å². The van der Waals surface area contributed by atoms with Crippen molar-refractivity contribution in [1.82, 2.24) is 10.2 Å². The van der Waals surface area contributed by atoms with Gasteiger partial charge in [0.25, 0.3) is 0 Å². The van der Waals surface area contributed by atoms with Gasteiger partial charge in [0, 0.05) is 20.4 Å². The number of piperidine rings is 1. The molecule has 9 nitrogen and oxygen atoms in total. The van der Waals surface area contributed by atoms with Gasteiger partial charge in [-0.2, -0.15) is 0 Å². The van der Waals surface area contributed by atoms with Crippen LogP contribution in [0.3, 0.4) is 0 Å². The molecule has 1 aliphatic rings. The molecule has 0 aliphatic carbocycles. The Morgan fingerprint density at radius 3 is 2.25 bits per heavy atom. The number of amides is 2. The highest BCUT2D eigenvalue weighted by atomic mass is 16.6. The Morgan fingerprint density at radius 2 is 1.83 bits per heavy atom. The molecule has 1 fully saturated rings. The molecule has 1 aliphatic heterocycles. The Balaban J connectivity index is 3.07. The number of nitrogens with zero attached hydrogens (tertiary/aromatic N) is 1.